The van der Waals surface area contributed by atoms with E-state index in [1.807, 2.05) is 0 Å². The molecule has 0 aliphatic rings. The summed E-state index contributed by atoms with van der Waals surface area (Å²) in [4.78, 5) is 0. The van der Waals surface area contributed by atoms with Crippen LogP contribution in [0.4, 0.5) is 13.2 Å². The molecule has 0 aliphatic carbocycles. The highest BCUT2D eigenvalue weighted by Gasteiger charge is 2.34. The van der Waals surface area contributed by atoms with Gasteiger partial charge >= 0.3 is 6.18 Å². The zero-order valence-electron chi connectivity index (χ0n) is 6.98. The second kappa shape index (κ2) is 3.28. The van der Waals surface area contributed by atoms with Gasteiger partial charge in [-0.3, -0.25) is 0 Å². The lowest BCUT2D eigenvalue weighted by Crippen LogP contribution is -2.08. The van der Waals surface area contributed by atoms with Crippen LogP contribution in [0.25, 0.3) is 0 Å². The molecular formula is C9H8F3O. The second-order valence-corrected chi connectivity index (χ2v) is 2.50. The van der Waals surface area contributed by atoms with E-state index in [1.54, 1.807) is 0 Å². The van der Waals surface area contributed by atoms with Gasteiger partial charge in [-0.05, 0) is 18.6 Å². The highest BCUT2D eigenvalue weighted by molar-refractivity contribution is 5.44. The lowest BCUT2D eigenvalue weighted by molar-refractivity contribution is -0.138. The molecule has 0 saturated carbocycles. The molecule has 0 saturated heterocycles. The standard InChI is InChI=1S/C9H8F3O/c1-6-4-3-5-7(8(6)13-2)9(10,11)12/h3-5H,1H2,2H3. The fourth-order valence-corrected chi connectivity index (χ4v) is 1.05. The minimum absolute atomic E-state index is 0.213. The Balaban J connectivity index is 3.29. The molecule has 13 heavy (non-hydrogen) atoms. The molecular weight excluding hydrogens is 181 g/mol. The maximum absolute atomic E-state index is 12.3. The first-order chi connectivity index (χ1) is 5.96. The molecule has 0 heterocycles. The van der Waals surface area contributed by atoms with E-state index in [-0.39, 0.29) is 11.3 Å². The van der Waals surface area contributed by atoms with Crippen molar-refractivity contribution >= 4 is 0 Å². The number of hydrogen-bond donors (Lipinski definition) is 0. The molecule has 0 amide bonds. The maximum Gasteiger partial charge on any atom is 0.419 e. The Hall–Kier alpha value is -1.19. The molecule has 0 aromatic heterocycles. The number of halogens is 3. The normalized spacial score (nSPS) is 11.5. The van der Waals surface area contributed by atoms with Crippen molar-refractivity contribution in [3.05, 3.63) is 36.2 Å². The summed E-state index contributed by atoms with van der Waals surface area (Å²) in [6.07, 6.45) is -4.39. The van der Waals surface area contributed by atoms with Gasteiger partial charge in [0.05, 0.1) is 12.7 Å². The van der Waals surface area contributed by atoms with Gasteiger partial charge in [0, 0.05) is 0 Å². The molecule has 0 atom stereocenters. The van der Waals surface area contributed by atoms with E-state index in [0.29, 0.717) is 0 Å². The predicted molar refractivity (Wildman–Crippen MR) is 42.5 cm³/mol. The summed E-state index contributed by atoms with van der Waals surface area (Å²) in [5, 5.41) is 0. The van der Waals surface area contributed by atoms with Crippen LogP contribution in [0.1, 0.15) is 11.1 Å². The van der Waals surface area contributed by atoms with Crippen LogP contribution in [0.3, 0.4) is 0 Å². The van der Waals surface area contributed by atoms with Crippen LogP contribution in [0.5, 0.6) is 5.75 Å². The van der Waals surface area contributed by atoms with Gasteiger partial charge in [0.1, 0.15) is 5.75 Å². The quantitative estimate of drug-likeness (QED) is 0.660. The van der Waals surface area contributed by atoms with Gasteiger partial charge in [-0.25, -0.2) is 0 Å². The van der Waals surface area contributed by atoms with Crippen molar-refractivity contribution in [2.24, 2.45) is 0 Å². The zero-order chi connectivity index (χ0) is 10.1. The molecule has 0 N–H and O–H groups in total. The van der Waals surface area contributed by atoms with E-state index in [4.69, 9.17) is 0 Å². The molecule has 0 fully saturated rings. The predicted octanol–water partition coefficient (Wildman–Crippen LogP) is 2.90. The van der Waals surface area contributed by atoms with Gasteiger partial charge in [-0.15, -0.1) is 0 Å². The van der Waals surface area contributed by atoms with E-state index >= 15 is 0 Å². The number of hydrogen-bond acceptors (Lipinski definition) is 1. The highest BCUT2D eigenvalue weighted by Crippen LogP contribution is 2.37. The van der Waals surface area contributed by atoms with Crippen LogP contribution in [-0.2, 0) is 6.18 Å². The first-order valence-corrected chi connectivity index (χ1v) is 3.53. The van der Waals surface area contributed by atoms with E-state index in [9.17, 15) is 13.2 Å². The Morgan fingerprint density at radius 2 is 1.92 bits per heavy atom. The van der Waals surface area contributed by atoms with Crippen LogP contribution in [0.15, 0.2) is 18.2 Å². The molecule has 1 nitrogen and oxygen atoms in total. The van der Waals surface area contributed by atoms with E-state index in [2.05, 4.69) is 11.7 Å². The topological polar surface area (TPSA) is 9.23 Å². The third-order valence-corrected chi connectivity index (χ3v) is 1.61. The molecule has 1 aromatic rings. The third kappa shape index (κ3) is 1.94. The van der Waals surface area contributed by atoms with E-state index < -0.39 is 11.7 Å². The Morgan fingerprint density at radius 3 is 2.31 bits per heavy atom. The van der Waals surface area contributed by atoms with Crippen LogP contribution in [-0.4, -0.2) is 7.11 Å². The minimum atomic E-state index is -4.39. The van der Waals surface area contributed by atoms with Gasteiger partial charge < -0.3 is 4.74 Å². The zero-order valence-corrected chi connectivity index (χ0v) is 6.98. The number of ether oxygens (including phenoxy) is 1. The number of alkyl halides is 3. The van der Waals surface area contributed by atoms with Crippen molar-refractivity contribution in [2.45, 2.75) is 6.18 Å². The van der Waals surface area contributed by atoms with E-state index in [1.165, 1.54) is 19.2 Å². The third-order valence-electron chi connectivity index (χ3n) is 1.61. The summed E-state index contributed by atoms with van der Waals surface area (Å²) in [5.74, 6) is -0.213. The average Bonchev–Trinajstić information content (AvgIpc) is 2.02. The van der Waals surface area contributed by atoms with Crippen molar-refractivity contribution in [3.63, 3.8) is 0 Å². The van der Waals surface area contributed by atoms with Crippen LogP contribution >= 0.6 is 0 Å². The molecule has 0 bridgehead atoms. The Labute approximate surface area is 74.1 Å². The fraction of sp³-hybridized carbons (Fsp3) is 0.222. The molecule has 71 valence electrons. The van der Waals surface area contributed by atoms with Crippen LogP contribution in [0.2, 0.25) is 0 Å². The molecule has 4 heteroatoms. The van der Waals surface area contributed by atoms with Gasteiger partial charge in [0.15, 0.2) is 0 Å². The first-order valence-electron chi connectivity index (χ1n) is 3.53. The van der Waals surface area contributed by atoms with Crippen LogP contribution < -0.4 is 4.74 Å². The monoisotopic (exact) mass is 189 g/mol. The first kappa shape index (κ1) is 9.89. The number of rotatable bonds is 1. The van der Waals surface area contributed by atoms with Crippen molar-refractivity contribution in [2.75, 3.05) is 7.11 Å². The van der Waals surface area contributed by atoms with Crippen molar-refractivity contribution < 1.29 is 17.9 Å². The summed E-state index contributed by atoms with van der Waals surface area (Å²) in [6, 6.07) is 3.73. The molecule has 0 aliphatic heterocycles. The largest absolute Gasteiger partial charge is 0.496 e. The number of methoxy groups -OCH3 is 1. The van der Waals surface area contributed by atoms with Gasteiger partial charge in [0.2, 0.25) is 0 Å². The van der Waals surface area contributed by atoms with Crippen molar-refractivity contribution in [3.8, 4) is 5.75 Å². The lowest BCUT2D eigenvalue weighted by atomic mass is 10.1. The highest BCUT2D eigenvalue weighted by atomic mass is 19.4. The summed E-state index contributed by atoms with van der Waals surface area (Å²) in [5.41, 5.74) is -0.556. The molecule has 0 unspecified atom stereocenters. The lowest BCUT2D eigenvalue weighted by Gasteiger charge is -2.13. The van der Waals surface area contributed by atoms with Gasteiger partial charge in [0.25, 0.3) is 0 Å². The smallest absolute Gasteiger partial charge is 0.419 e. The van der Waals surface area contributed by atoms with Crippen molar-refractivity contribution in [1.82, 2.24) is 0 Å². The summed E-state index contributed by atoms with van der Waals surface area (Å²) in [7, 11) is 1.19. The Kier molecular flexibility index (Phi) is 2.50. The SMILES string of the molecule is [CH2]c1cccc(C(F)(F)F)c1OC. The summed E-state index contributed by atoms with van der Waals surface area (Å²) in [6.45, 7) is 3.44. The molecule has 1 aromatic carbocycles. The second-order valence-electron chi connectivity index (χ2n) is 2.50. The average molecular weight is 189 g/mol. The molecule has 1 radical (unpaired) electrons. The summed E-state index contributed by atoms with van der Waals surface area (Å²) >= 11 is 0. The number of benzene rings is 1. The number of para-hydroxylation sites is 1. The fourth-order valence-electron chi connectivity index (χ4n) is 1.05. The van der Waals surface area contributed by atoms with E-state index in [0.717, 1.165) is 6.07 Å². The van der Waals surface area contributed by atoms with Crippen molar-refractivity contribution in [1.29, 1.82) is 0 Å². The maximum atomic E-state index is 12.3. The molecule has 0 spiro atoms. The minimum Gasteiger partial charge on any atom is -0.496 e. The summed E-state index contributed by atoms with van der Waals surface area (Å²) < 4.78 is 41.5. The van der Waals surface area contributed by atoms with Crippen LogP contribution in [0, 0.1) is 6.92 Å². The Morgan fingerprint density at radius 1 is 1.31 bits per heavy atom. The van der Waals surface area contributed by atoms with Gasteiger partial charge in [-0.1, -0.05) is 12.1 Å². The van der Waals surface area contributed by atoms with Gasteiger partial charge in [-0.2, -0.15) is 13.2 Å². The Bertz CT molecular complexity index is 304. The molecule has 1 rings (SSSR count).